The molecule has 1 radical (unpaired) electrons. The van der Waals surface area contributed by atoms with Crippen molar-refractivity contribution in [2.75, 3.05) is 4.72 Å². The summed E-state index contributed by atoms with van der Waals surface area (Å²) in [7, 11) is -4.05. The fraction of sp³-hybridized carbons (Fsp3) is 0.250. The second-order valence-corrected chi connectivity index (χ2v) is 8.97. The molecule has 2 aromatic rings. The van der Waals surface area contributed by atoms with Crippen molar-refractivity contribution in [3.05, 3.63) is 54.1 Å². The van der Waals surface area contributed by atoms with Crippen LogP contribution in [0.4, 0.5) is 5.69 Å². The number of rotatable bonds is 5. The molecule has 15 heteroatoms. The zero-order chi connectivity index (χ0) is 22.5. The Morgan fingerprint density at radius 2 is 1.37 bits per heavy atom. The number of hydrogen-bond acceptors (Lipinski definition) is 7. The summed E-state index contributed by atoms with van der Waals surface area (Å²) in [5.74, 6) is -1.78. The number of carbonyl (C=O) groups excluding carboxylic acids is 3. The molecule has 35 heavy (non-hydrogen) atoms. The average molecular weight is 530 g/mol. The van der Waals surface area contributed by atoms with E-state index in [2.05, 4.69) is 9.56 Å². The van der Waals surface area contributed by atoms with Crippen molar-refractivity contribution < 1.29 is 54.3 Å². The zero-order valence-electron chi connectivity index (χ0n) is 19.9. The number of anilines is 1. The Hall–Kier alpha value is -2.56. The second kappa shape index (κ2) is 16.2. The SMILES string of the molecule is CC(=O)ONC(=O)c1ccccc1NS(=O)(=O)c1ccc(OC(=O)C(C)(C)C)cc1.O.O.O.O.[Na]. The quantitative estimate of drug-likeness (QED) is 0.210. The molecular weight excluding hydrogens is 499 g/mol. The number of sulfonamides is 1. The van der Waals surface area contributed by atoms with E-state index in [9.17, 15) is 22.8 Å². The van der Waals surface area contributed by atoms with Crippen LogP contribution in [0.5, 0.6) is 5.75 Å². The molecule has 2 rings (SSSR count). The normalized spacial score (nSPS) is 9.71. The zero-order valence-corrected chi connectivity index (χ0v) is 22.7. The Bertz CT molecular complexity index is 1070. The molecule has 0 bridgehead atoms. The average Bonchev–Trinajstić information content (AvgIpc) is 2.66. The molecule has 1 amide bonds. The van der Waals surface area contributed by atoms with Gasteiger partial charge < -0.3 is 31.5 Å². The Kier molecular flexibility index (Phi) is 18.3. The molecule has 0 spiro atoms. The molecule has 0 saturated heterocycles. The topological polar surface area (TPSA) is 254 Å². The summed E-state index contributed by atoms with van der Waals surface area (Å²) >= 11 is 0. The van der Waals surface area contributed by atoms with Crippen LogP contribution in [0.15, 0.2) is 53.4 Å². The third kappa shape index (κ3) is 11.6. The number of benzene rings is 2. The summed E-state index contributed by atoms with van der Waals surface area (Å²) in [5.41, 5.74) is 1.17. The number of nitrogens with one attached hydrogen (secondary N) is 2. The van der Waals surface area contributed by atoms with Gasteiger partial charge in [0, 0.05) is 36.5 Å². The smallest absolute Gasteiger partial charge is 0.329 e. The van der Waals surface area contributed by atoms with Gasteiger partial charge in [0.2, 0.25) is 0 Å². The van der Waals surface area contributed by atoms with Gasteiger partial charge in [0.05, 0.1) is 21.6 Å². The van der Waals surface area contributed by atoms with Crippen LogP contribution in [0.2, 0.25) is 0 Å². The van der Waals surface area contributed by atoms with E-state index >= 15 is 0 Å². The van der Waals surface area contributed by atoms with Gasteiger partial charge in [-0.2, -0.15) is 5.48 Å². The summed E-state index contributed by atoms with van der Waals surface area (Å²) in [6.07, 6.45) is 0. The van der Waals surface area contributed by atoms with Gasteiger partial charge in [-0.15, -0.1) is 0 Å². The molecule has 0 unspecified atom stereocenters. The number of amides is 1. The fourth-order valence-electron chi connectivity index (χ4n) is 2.09. The van der Waals surface area contributed by atoms with Gasteiger partial charge in [0.25, 0.3) is 15.9 Å². The van der Waals surface area contributed by atoms with Crippen molar-refractivity contribution in [3.8, 4) is 5.75 Å². The number of ether oxygens (including phenoxy) is 1. The molecule has 0 aliphatic heterocycles. The molecule has 0 fully saturated rings. The van der Waals surface area contributed by atoms with E-state index in [0.29, 0.717) is 0 Å². The van der Waals surface area contributed by atoms with Crippen LogP contribution in [0.3, 0.4) is 0 Å². The van der Waals surface area contributed by atoms with E-state index in [-0.39, 0.29) is 73.4 Å². The van der Waals surface area contributed by atoms with Crippen molar-refractivity contribution in [3.63, 3.8) is 0 Å². The third-order valence-electron chi connectivity index (χ3n) is 3.66. The molecule has 2 aromatic carbocycles. The van der Waals surface area contributed by atoms with Gasteiger partial charge in [-0.25, -0.2) is 8.42 Å². The molecule has 0 aliphatic carbocycles. The van der Waals surface area contributed by atoms with E-state index < -0.39 is 33.3 Å². The number of hydrogen-bond donors (Lipinski definition) is 2. The Labute approximate surface area is 224 Å². The third-order valence-corrected chi connectivity index (χ3v) is 5.04. The van der Waals surface area contributed by atoms with Crippen LogP contribution < -0.4 is 14.9 Å². The van der Waals surface area contributed by atoms with E-state index in [4.69, 9.17) is 4.74 Å². The molecule has 0 atom stereocenters. The van der Waals surface area contributed by atoms with Gasteiger partial charge in [-0.05, 0) is 57.2 Å². The van der Waals surface area contributed by atoms with Crippen LogP contribution in [0.1, 0.15) is 38.1 Å². The van der Waals surface area contributed by atoms with Gasteiger partial charge >= 0.3 is 11.9 Å². The van der Waals surface area contributed by atoms with Crippen LogP contribution in [0.25, 0.3) is 0 Å². The Morgan fingerprint density at radius 3 is 1.86 bits per heavy atom. The molecule has 193 valence electrons. The van der Waals surface area contributed by atoms with Crippen LogP contribution in [0, 0.1) is 5.41 Å². The monoisotopic (exact) mass is 529 g/mol. The van der Waals surface area contributed by atoms with Crippen molar-refractivity contribution in [1.82, 2.24) is 5.48 Å². The molecule has 0 aliphatic rings. The number of hydroxylamine groups is 1. The number of esters is 1. The van der Waals surface area contributed by atoms with Crippen molar-refractivity contribution in [2.45, 2.75) is 32.6 Å². The molecular formula is C20H30N2NaO11S. The summed E-state index contributed by atoms with van der Waals surface area (Å²) in [5, 5.41) is 0. The molecule has 0 heterocycles. The largest absolute Gasteiger partial charge is 0.426 e. The second-order valence-electron chi connectivity index (χ2n) is 7.29. The van der Waals surface area contributed by atoms with Crippen molar-refractivity contribution in [1.29, 1.82) is 0 Å². The van der Waals surface area contributed by atoms with Crippen LogP contribution in [-0.2, 0) is 24.4 Å². The Morgan fingerprint density at radius 1 is 0.857 bits per heavy atom. The van der Waals surface area contributed by atoms with Crippen molar-refractivity contribution >= 4 is 63.1 Å². The standard InChI is InChI=1S/C20H22N2O7S.Na.4H2O/c1-13(23)29-21-18(24)16-7-5-6-8-17(16)22-30(26,27)15-11-9-14(10-12-15)28-19(25)20(2,3)4;;;;;/h5-12,22H,1-4H3,(H,21,24);;4*1H2. The molecule has 0 aromatic heterocycles. The molecule has 13 nitrogen and oxygen atoms in total. The summed E-state index contributed by atoms with van der Waals surface area (Å²) in [6, 6.07) is 11.1. The predicted octanol–water partition coefficient (Wildman–Crippen LogP) is -1.03. The first kappa shape index (κ1) is 39.6. The maximum absolute atomic E-state index is 12.7. The Balaban J connectivity index is -0.000000961. The minimum Gasteiger partial charge on any atom is -0.426 e. The van der Waals surface area contributed by atoms with Gasteiger partial charge in [-0.1, -0.05) is 12.1 Å². The maximum atomic E-state index is 12.7. The fourth-order valence-corrected chi connectivity index (χ4v) is 3.17. The molecule has 0 saturated carbocycles. The molecule has 10 N–H and O–H groups in total. The van der Waals surface area contributed by atoms with Crippen LogP contribution in [-0.4, -0.2) is 77.7 Å². The number of para-hydroxylation sites is 1. The summed E-state index contributed by atoms with van der Waals surface area (Å²) in [6.45, 7) is 6.21. The van der Waals surface area contributed by atoms with Crippen LogP contribution >= 0.6 is 0 Å². The predicted molar refractivity (Wildman–Crippen MR) is 128 cm³/mol. The minimum atomic E-state index is -4.05. The van der Waals surface area contributed by atoms with Gasteiger partial charge in [0.15, 0.2) is 0 Å². The number of carbonyl (C=O) groups is 3. The maximum Gasteiger partial charge on any atom is 0.329 e. The first-order chi connectivity index (χ1) is 13.9. The van der Waals surface area contributed by atoms with E-state index in [1.807, 2.05) is 5.48 Å². The van der Waals surface area contributed by atoms with Gasteiger partial charge in [0.1, 0.15) is 5.75 Å². The van der Waals surface area contributed by atoms with Gasteiger partial charge in [-0.3, -0.25) is 19.1 Å². The minimum absolute atomic E-state index is 0. The first-order valence-electron chi connectivity index (χ1n) is 8.82. The van der Waals surface area contributed by atoms with E-state index in [1.54, 1.807) is 20.8 Å². The summed E-state index contributed by atoms with van der Waals surface area (Å²) in [4.78, 5) is 39.3. The first-order valence-corrected chi connectivity index (χ1v) is 10.3. The van der Waals surface area contributed by atoms with E-state index in [1.165, 1.54) is 48.5 Å². The summed E-state index contributed by atoms with van der Waals surface area (Å²) < 4.78 is 32.9. The van der Waals surface area contributed by atoms with Crippen molar-refractivity contribution in [2.24, 2.45) is 5.41 Å². The van der Waals surface area contributed by atoms with E-state index in [0.717, 1.165) is 6.92 Å².